The van der Waals surface area contributed by atoms with Crippen LogP contribution in [0.15, 0.2) is 23.1 Å². The quantitative estimate of drug-likeness (QED) is 0.408. The van der Waals surface area contributed by atoms with E-state index < -0.39 is 14.9 Å². The molecule has 0 radical (unpaired) electrons. The molecule has 0 aliphatic heterocycles. The minimum Gasteiger partial charge on any atom is -0.323 e. The van der Waals surface area contributed by atoms with Gasteiger partial charge in [-0.1, -0.05) is 6.92 Å². The molecule has 0 saturated heterocycles. The second kappa shape index (κ2) is 5.00. The van der Waals surface area contributed by atoms with Gasteiger partial charge in [-0.25, -0.2) is 13.1 Å². The molecule has 1 aromatic carbocycles. The van der Waals surface area contributed by atoms with Crippen LogP contribution < -0.4 is 16.0 Å². The number of anilines is 1. The summed E-state index contributed by atoms with van der Waals surface area (Å²) in [5.74, 6) is 5.25. The van der Waals surface area contributed by atoms with E-state index >= 15 is 0 Å². The molecular formula is C11H16N4O4S. The average Bonchev–Trinajstić information content (AvgIpc) is 3.14. The molecule has 2 rings (SSSR count). The number of rotatable bonds is 6. The highest BCUT2D eigenvalue weighted by Crippen LogP contribution is 2.44. The molecule has 4 N–H and O–H groups in total. The molecule has 1 fully saturated rings. The Balaban J connectivity index is 2.28. The number of nitrogens with one attached hydrogen (secondary N) is 2. The number of nitrogens with zero attached hydrogens (tertiary/aromatic N) is 1. The van der Waals surface area contributed by atoms with Gasteiger partial charge in [0.1, 0.15) is 4.90 Å². The lowest BCUT2D eigenvalue weighted by molar-refractivity contribution is -0.384. The minimum atomic E-state index is -3.75. The number of hydrazine groups is 1. The van der Waals surface area contributed by atoms with Crippen LogP contribution >= 0.6 is 0 Å². The third-order valence-corrected chi connectivity index (χ3v) is 4.87. The van der Waals surface area contributed by atoms with Crippen LogP contribution in [0.1, 0.15) is 19.8 Å². The van der Waals surface area contributed by atoms with Gasteiger partial charge >= 0.3 is 0 Å². The van der Waals surface area contributed by atoms with Gasteiger partial charge < -0.3 is 5.43 Å². The molecule has 1 aromatic rings. The third-order valence-electron chi connectivity index (χ3n) is 3.41. The van der Waals surface area contributed by atoms with E-state index in [4.69, 9.17) is 5.84 Å². The van der Waals surface area contributed by atoms with Crippen LogP contribution in [0.5, 0.6) is 0 Å². The standard InChI is InChI=1S/C11H16N4O4S/c1-11(4-5-11)7-13-20(18,19)10-3-2-8(15(16)17)6-9(10)14-12/h2-3,6,13-14H,4-5,7,12H2,1H3. The number of hydrogen-bond acceptors (Lipinski definition) is 6. The summed E-state index contributed by atoms with van der Waals surface area (Å²) in [6.45, 7) is 2.34. The maximum absolute atomic E-state index is 12.2. The molecule has 0 bridgehead atoms. The zero-order chi connectivity index (χ0) is 15.0. The van der Waals surface area contributed by atoms with Crippen LogP contribution in [-0.4, -0.2) is 19.9 Å². The Bertz CT molecular complexity index is 640. The van der Waals surface area contributed by atoms with E-state index in [1.165, 1.54) is 6.07 Å². The molecule has 8 nitrogen and oxygen atoms in total. The van der Waals surface area contributed by atoms with Crippen LogP contribution in [0, 0.1) is 15.5 Å². The molecule has 0 heterocycles. The lowest BCUT2D eigenvalue weighted by atomic mass is 10.2. The summed E-state index contributed by atoms with van der Waals surface area (Å²) in [5, 5.41) is 10.7. The van der Waals surface area contributed by atoms with Crippen molar-refractivity contribution in [3.8, 4) is 0 Å². The van der Waals surface area contributed by atoms with Gasteiger partial charge in [0, 0.05) is 18.7 Å². The van der Waals surface area contributed by atoms with E-state index in [0.717, 1.165) is 25.0 Å². The molecule has 0 unspecified atom stereocenters. The minimum absolute atomic E-state index is 0.00681. The Labute approximate surface area is 116 Å². The Morgan fingerprint density at radius 3 is 2.60 bits per heavy atom. The molecule has 9 heteroatoms. The van der Waals surface area contributed by atoms with Gasteiger partial charge in [-0.2, -0.15) is 0 Å². The second-order valence-corrected chi connectivity index (χ2v) is 6.95. The van der Waals surface area contributed by atoms with Gasteiger partial charge in [-0.15, -0.1) is 0 Å². The first-order valence-electron chi connectivity index (χ1n) is 6.02. The molecule has 0 atom stereocenters. The fourth-order valence-corrected chi connectivity index (χ4v) is 3.06. The SMILES string of the molecule is CC1(CNS(=O)(=O)c2ccc([N+](=O)[O-])cc2NN)CC1. The summed E-state index contributed by atoms with van der Waals surface area (Å²) in [6.07, 6.45) is 1.97. The number of hydrogen-bond donors (Lipinski definition) is 3. The van der Waals surface area contributed by atoms with Crippen LogP contribution in [0.3, 0.4) is 0 Å². The summed E-state index contributed by atoms with van der Waals surface area (Å²) in [6, 6.07) is 3.40. The van der Waals surface area contributed by atoms with Crippen LogP contribution in [0.25, 0.3) is 0 Å². The largest absolute Gasteiger partial charge is 0.323 e. The summed E-state index contributed by atoms with van der Waals surface area (Å²) >= 11 is 0. The number of nitro groups is 1. The van der Waals surface area contributed by atoms with Gasteiger partial charge in [0.15, 0.2) is 0 Å². The Morgan fingerprint density at radius 1 is 1.45 bits per heavy atom. The predicted octanol–water partition coefficient (Wildman–Crippen LogP) is 0.959. The maximum Gasteiger partial charge on any atom is 0.271 e. The van der Waals surface area contributed by atoms with Crippen molar-refractivity contribution in [1.82, 2.24) is 4.72 Å². The van der Waals surface area contributed by atoms with Gasteiger partial charge in [0.25, 0.3) is 5.69 Å². The Hall–Kier alpha value is -1.71. The van der Waals surface area contributed by atoms with Crippen molar-refractivity contribution in [2.75, 3.05) is 12.0 Å². The average molecular weight is 300 g/mol. The smallest absolute Gasteiger partial charge is 0.271 e. The molecule has 1 saturated carbocycles. The van der Waals surface area contributed by atoms with E-state index in [9.17, 15) is 18.5 Å². The molecule has 1 aliphatic rings. The van der Waals surface area contributed by atoms with E-state index in [2.05, 4.69) is 10.1 Å². The van der Waals surface area contributed by atoms with E-state index in [1.54, 1.807) is 0 Å². The highest BCUT2D eigenvalue weighted by Gasteiger charge is 2.38. The normalized spacial score (nSPS) is 16.7. The first-order chi connectivity index (χ1) is 9.27. The van der Waals surface area contributed by atoms with E-state index in [0.29, 0.717) is 6.54 Å². The summed E-state index contributed by atoms with van der Waals surface area (Å²) < 4.78 is 26.9. The monoisotopic (exact) mass is 300 g/mol. The number of nitro benzene ring substituents is 1. The first-order valence-corrected chi connectivity index (χ1v) is 7.50. The lowest BCUT2D eigenvalue weighted by Gasteiger charge is -2.13. The number of sulfonamides is 1. The fourth-order valence-electron chi connectivity index (χ4n) is 1.72. The zero-order valence-electron chi connectivity index (χ0n) is 10.9. The zero-order valence-corrected chi connectivity index (χ0v) is 11.7. The Kier molecular flexibility index (Phi) is 3.67. The van der Waals surface area contributed by atoms with Crippen molar-refractivity contribution in [3.05, 3.63) is 28.3 Å². The maximum atomic E-state index is 12.2. The van der Waals surface area contributed by atoms with Crippen molar-refractivity contribution < 1.29 is 13.3 Å². The molecule has 0 amide bonds. The van der Waals surface area contributed by atoms with Gasteiger partial charge in [-0.3, -0.25) is 16.0 Å². The summed E-state index contributed by atoms with van der Waals surface area (Å²) in [5.41, 5.74) is 1.97. The number of nitrogen functional groups attached to an aromatic ring is 1. The number of non-ortho nitro benzene ring substituents is 1. The topological polar surface area (TPSA) is 127 Å². The molecule has 110 valence electrons. The summed E-state index contributed by atoms with van der Waals surface area (Å²) in [4.78, 5) is 9.95. The molecule has 0 aromatic heterocycles. The van der Waals surface area contributed by atoms with Crippen molar-refractivity contribution in [3.63, 3.8) is 0 Å². The second-order valence-electron chi connectivity index (χ2n) is 5.22. The van der Waals surface area contributed by atoms with E-state index in [1.807, 2.05) is 6.92 Å². The van der Waals surface area contributed by atoms with Crippen LogP contribution in [0.4, 0.5) is 11.4 Å². The van der Waals surface area contributed by atoms with Crippen LogP contribution in [-0.2, 0) is 10.0 Å². The molecular weight excluding hydrogens is 284 g/mol. The fraction of sp³-hybridized carbons (Fsp3) is 0.455. The van der Waals surface area contributed by atoms with Gasteiger partial charge in [0.2, 0.25) is 10.0 Å². The number of nitrogens with two attached hydrogens (primary N) is 1. The third kappa shape index (κ3) is 3.06. The van der Waals surface area contributed by atoms with Crippen molar-refractivity contribution >= 4 is 21.4 Å². The highest BCUT2D eigenvalue weighted by molar-refractivity contribution is 7.89. The molecule has 20 heavy (non-hydrogen) atoms. The van der Waals surface area contributed by atoms with Gasteiger partial charge in [-0.05, 0) is 24.3 Å². The predicted molar refractivity (Wildman–Crippen MR) is 73.4 cm³/mol. The summed E-state index contributed by atoms with van der Waals surface area (Å²) in [7, 11) is -3.75. The van der Waals surface area contributed by atoms with E-state index in [-0.39, 0.29) is 21.7 Å². The molecule has 1 aliphatic carbocycles. The van der Waals surface area contributed by atoms with Crippen molar-refractivity contribution in [2.24, 2.45) is 11.3 Å². The van der Waals surface area contributed by atoms with Crippen molar-refractivity contribution in [1.29, 1.82) is 0 Å². The first kappa shape index (κ1) is 14.7. The van der Waals surface area contributed by atoms with Crippen LogP contribution in [0.2, 0.25) is 0 Å². The highest BCUT2D eigenvalue weighted by atomic mass is 32.2. The van der Waals surface area contributed by atoms with Crippen molar-refractivity contribution in [2.45, 2.75) is 24.7 Å². The number of benzene rings is 1. The lowest BCUT2D eigenvalue weighted by Crippen LogP contribution is -2.30. The van der Waals surface area contributed by atoms with Gasteiger partial charge in [0.05, 0.1) is 10.6 Å². The Morgan fingerprint density at radius 2 is 2.10 bits per heavy atom. The molecule has 0 spiro atoms.